The van der Waals surface area contributed by atoms with E-state index in [1.807, 2.05) is 0 Å². The molecule has 0 aromatic heterocycles. The van der Waals surface area contributed by atoms with Gasteiger partial charge in [-0.3, -0.25) is 0 Å². The smallest absolute Gasteiger partial charge is 0.00104 e. The summed E-state index contributed by atoms with van der Waals surface area (Å²) in [7, 11) is 0. The molecule has 2 atom stereocenters. The minimum absolute atomic E-state index is 0.383. The molecule has 1 fully saturated rings. The zero-order chi connectivity index (χ0) is 11.1. The standard InChI is InChI=1S/C13H28N2/c1-12-6-5-10-15(11-8-12)9-4-3-7-13(2)14/h12-13H,3-11,14H2,1-2H3. The molecule has 0 saturated carbocycles. The van der Waals surface area contributed by atoms with Crippen molar-refractivity contribution < 1.29 is 0 Å². The van der Waals surface area contributed by atoms with Gasteiger partial charge in [0.05, 0.1) is 0 Å². The van der Waals surface area contributed by atoms with Crippen molar-refractivity contribution in [3.05, 3.63) is 0 Å². The Balaban J connectivity index is 2.05. The van der Waals surface area contributed by atoms with Gasteiger partial charge in [0.25, 0.3) is 0 Å². The fraction of sp³-hybridized carbons (Fsp3) is 1.00. The fourth-order valence-corrected chi connectivity index (χ4v) is 2.35. The van der Waals surface area contributed by atoms with Crippen LogP contribution < -0.4 is 5.73 Å². The molecular formula is C13H28N2. The van der Waals surface area contributed by atoms with Crippen LogP contribution in [0.5, 0.6) is 0 Å². The van der Waals surface area contributed by atoms with Crippen LogP contribution in [-0.2, 0) is 0 Å². The maximum Gasteiger partial charge on any atom is 0.00104 e. The van der Waals surface area contributed by atoms with Crippen LogP contribution >= 0.6 is 0 Å². The number of likely N-dealkylation sites (tertiary alicyclic amines) is 1. The summed E-state index contributed by atoms with van der Waals surface area (Å²) in [5.41, 5.74) is 5.74. The van der Waals surface area contributed by atoms with Gasteiger partial charge in [0.1, 0.15) is 0 Å². The van der Waals surface area contributed by atoms with Crippen LogP contribution in [0.25, 0.3) is 0 Å². The SMILES string of the molecule is CC(N)CCCCN1CCCC(C)CC1. The molecule has 1 heterocycles. The first-order chi connectivity index (χ1) is 7.18. The first-order valence-corrected chi connectivity index (χ1v) is 6.66. The molecule has 0 aliphatic carbocycles. The average molecular weight is 212 g/mol. The van der Waals surface area contributed by atoms with Crippen molar-refractivity contribution in [2.24, 2.45) is 11.7 Å². The van der Waals surface area contributed by atoms with E-state index in [1.165, 1.54) is 58.2 Å². The minimum atomic E-state index is 0.383. The Bertz CT molecular complexity index is 157. The van der Waals surface area contributed by atoms with E-state index in [4.69, 9.17) is 5.73 Å². The first-order valence-electron chi connectivity index (χ1n) is 6.66. The monoisotopic (exact) mass is 212 g/mol. The van der Waals surface area contributed by atoms with Crippen molar-refractivity contribution in [2.75, 3.05) is 19.6 Å². The molecule has 1 saturated heterocycles. The largest absolute Gasteiger partial charge is 0.328 e. The maximum atomic E-state index is 5.74. The van der Waals surface area contributed by atoms with E-state index in [2.05, 4.69) is 18.7 Å². The van der Waals surface area contributed by atoms with Gasteiger partial charge in [-0.1, -0.05) is 13.3 Å². The van der Waals surface area contributed by atoms with Crippen LogP contribution in [0, 0.1) is 5.92 Å². The lowest BCUT2D eigenvalue weighted by molar-refractivity contribution is 0.274. The molecule has 2 unspecified atom stereocenters. The topological polar surface area (TPSA) is 29.3 Å². The van der Waals surface area contributed by atoms with E-state index in [-0.39, 0.29) is 0 Å². The van der Waals surface area contributed by atoms with E-state index >= 15 is 0 Å². The molecule has 2 nitrogen and oxygen atoms in total. The van der Waals surface area contributed by atoms with Gasteiger partial charge < -0.3 is 10.6 Å². The molecule has 0 aromatic rings. The molecule has 1 aliphatic rings. The summed E-state index contributed by atoms with van der Waals surface area (Å²) in [6.07, 6.45) is 8.03. The molecular weight excluding hydrogens is 184 g/mol. The third-order valence-electron chi connectivity index (χ3n) is 3.49. The second-order valence-corrected chi connectivity index (χ2v) is 5.35. The van der Waals surface area contributed by atoms with E-state index < -0.39 is 0 Å². The minimum Gasteiger partial charge on any atom is -0.328 e. The summed E-state index contributed by atoms with van der Waals surface area (Å²) in [4.78, 5) is 2.64. The van der Waals surface area contributed by atoms with E-state index in [0.29, 0.717) is 6.04 Å². The van der Waals surface area contributed by atoms with E-state index in [9.17, 15) is 0 Å². The normalized spacial score (nSPS) is 26.2. The highest BCUT2D eigenvalue weighted by molar-refractivity contribution is 4.67. The van der Waals surface area contributed by atoms with Crippen LogP contribution in [0.4, 0.5) is 0 Å². The van der Waals surface area contributed by atoms with E-state index in [1.54, 1.807) is 0 Å². The molecule has 1 rings (SSSR count). The molecule has 90 valence electrons. The van der Waals surface area contributed by atoms with Crippen molar-refractivity contribution in [2.45, 2.75) is 58.4 Å². The molecule has 1 aliphatic heterocycles. The van der Waals surface area contributed by atoms with Gasteiger partial charge >= 0.3 is 0 Å². The lowest BCUT2D eigenvalue weighted by Gasteiger charge is -2.19. The summed E-state index contributed by atoms with van der Waals surface area (Å²) >= 11 is 0. The first kappa shape index (κ1) is 13.0. The third kappa shape index (κ3) is 6.16. The number of hydrogen-bond acceptors (Lipinski definition) is 2. The van der Waals surface area contributed by atoms with Crippen LogP contribution in [0.15, 0.2) is 0 Å². The Morgan fingerprint density at radius 2 is 2.07 bits per heavy atom. The van der Waals surface area contributed by atoms with Crippen molar-refractivity contribution >= 4 is 0 Å². The van der Waals surface area contributed by atoms with Gasteiger partial charge in [0.15, 0.2) is 0 Å². The number of unbranched alkanes of at least 4 members (excludes halogenated alkanes) is 1. The van der Waals surface area contributed by atoms with Crippen molar-refractivity contribution in [3.8, 4) is 0 Å². The highest BCUT2D eigenvalue weighted by atomic mass is 15.1. The maximum absolute atomic E-state index is 5.74. The Kier molecular flexibility index (Phi) is 6.26. The number of hydrogen-bond donors (Lipinski definition) is 1. The predicted octanol–water partition coefficient (Wildman–Crippen LogP) is 2.63. The highest BCUT2D eigenvalue weighted by Gasteiger charge is 2.12. The summed E-state index contributed by atoms with van der Waals surface area (Å²) in [6.45, 7) is 8.43. The van der Waals surface area contributed by atoms with Crippen molar-refractivity contribution in [3.63, 3.8) is 0 Å². The van der Waals surface area contributed by atoms with Gasteiger partial charge in [-0.05, 0) is 64.6 Å². The highest BCUT2D eigenvalue weighted by Crippen LogP contribution is 2.16. The molecule has 0 aromatic carbocycles. The Hall–Kier alpha value is -0.0800. The zero-order valence-electron chi connectivity index (χ0n) is 10.5. The second kappa shape index (κ2) is 7.24. The van der Waals surface area contributed by atoms with Crippen LogP contribution in [0.1, 0.15) is 52.4 Å². The van der Waals surface area contributed by atoms with Gasteiger partial charge in [-0.15, -0.1) is 0 Å². The Morgan fingerprint density at radius 1 is 1.27 bits per heavy atom. The average Bonchev–Trinajstić information content (AvgIpc) is 2.38. The van der Waals surface area contributed by atoms with Crippen molar-refractivity contribution in [1.29, 1.82) is 0 Å². The summed E-state index contributed by atoms with van der Waals surface area (Å²) in [5, 5.41) is 0. The van der Waals surface area contributed by atoms with E-state index in [0.717, 1.165) is 5.92 Å². The fourth-order valence-electron chi connectivity index (χ4n) is 2.35. The van der Waals surface area contributed by atoms with Gasteiger partial charge in [0.2, 0.25) is 0 Å². The molecule has 15 heavy (non-hydrogen) atoms. The molecule has 0 amide bonds. The van der Waals surface area contributed by atoms with Gasteiger partial charge in [-0.2, -0.15) is 0 Å². The summed E-state index contributed by atoms with van der Waals surface area (Å²) < 4.78 is 0. The predicted molar refractivity (Wildman–Crippen MR) is 67.0 cm³/mol. The zero-order valence-corrected chi connectivity index (χ0v) is 10.5. The Morgan fingerprint density at radius 3 is 2.80 bits per heavy atom. The lowest BCUT2D eigenvalue weighted by atomic mass is 10.0. The quantitative estimate of drug-likeness (QED) is 0.710. The molecule has 0 bridgehead atoms. The number of nitrogens with two attached hydrogens (primary N) is 1. The molecule has 0 spiro atoms. The lowest BCUT2D eigenvalue weighted by Crippen LogP contribution is -2.26. The van der Waals surface area contributed by atoms with Crippen molar-refractivity contribution in [1.82, 2.24) is 4.90 Å². The third-order valence-corrected chi connectivity index (χ3v) is 3.49. The van der Waals surface area contributed by atoms with Crippen LogP contribution in [0.3, 0.4) is 0 Å². The second-order valence-electron chi connectivity index (χ2n) is 5.35. The summed E-state index contributed by atoms with van der Waals surface area (Å²) in [6, 6.07) is 0.383. The summed E-state index contributed by atoms with van der Waals surface area (Å²) in [5.74, 6) is 0.944. The number of nitrogens with zero attached hydrogens (tertiary/aromatic N) is 1. The molecule has 2 N–H and O–H groups in total. The van der Waals surface area contributed by atoms with Crippen LogP contribution in [-0.4, -0.2) is 30.6 Å². The van der Waals surface area contributed by atoms with Gasteiger partial charge in [0, 0.05) is 6.04 Å². The number of rotatable bonds is 5. The molecule has 0 radical (unpaired) electrons. The Labute approximate surface area is 95.2 Å². The molecule has 2 heteroatoms. The van der Waals surface area contributed by atoms with Crippen LogP contribution in [0.2, 0.25) is 0 Å². The van der Waals surface area contributed by atoms with Gasteiger partial charge in [-0.25, -0.2) is 0 Å².